The van der Waals surface area contributed by atoms with Crippen molar-refractivity contribution < 1.29 is 9.72 Å². The molecule has 0 spiro atoms. The third-order valence-corrected chi connectivity index (χ3v) is 4.55. The van der Waals surface area contributed by atoms with Crippen LogP contribution in [0.4, 0.5) is 11.4 Å². The quantitative estimate of drug-likeness (QED) is 0.525. The normalized spacial score (nSPS) is 11.9. The van der Waals surface area contributed by atoms with Gasteiger partial charge in [-0.3, -0.25) is 14.9 Å². The highest BCUT2D eigenvalue weighted by Gasteiger charge is 2.23. The summed E-state index contributed by atoms with van der Waals surface area (Å²) in [5, 5.41) is 29.7. The molecule has 2 aromatic heterocycles. The highest BCUT2D eigenvalue weighted by atomic mass is 32.1. The number of nitro benzene ring substituents is 1. The average Bonchev–Trinajstić information content (AvgIpc) is 3.28. The van der Waals surface area contributed by atoms with Crippen molar-refractivity contribution in [2.75, 3.05) is 5.32 Å². The molecule has 1 N–H and O–H groups in total. The minimum absolute atomic E-state index is 0.0856. The Labute approximate surface area is 152 Å². The molecule has 0 saturated heterocycles. The first-order valence-corrected chi connectivity index (χ1v) is 8.82. The minimum atomic E-state index is -0.673. The molecule has 0 radical (unpaired) electrons. The number of rotatable bonds is 6. The van der Waals surface area contributed by atoms with E-state index in [0.717, 1.165) is 11.1 Å². The van der Waals surface area contributed by atoms with Crippen LogP contribution in [0.15, 0.2) is 35.0 Å². The first-order valence-electron chi connectivity index (χ1n) is 7.87. The summed E-state index contributed by atoms with van der Waals surface area (Å²) >= 11 is 1.52. The van der Waals surface area contributed by atoms with Gasteiger partial charge in [0.25, 0.3) is 11.6 Å². The number of nitrogens with zero attached hydrogens (tertiary/aromatic N) is 5. The molecule has 0 aliphatic rings. The van der Waals surface area contributed by atoms with E-state index >= 15 is 0 Å². The van der Waals surface area contributed by atoms with E-state index in [1.807, 2.05) is 23.8 Å². The van der Waals surface area contributed by atoms with Crippen LogP contribution in [0.2, 0.25) is 0 Å². The molecule has 0 aliphatic heterocycles. The van der Waals surface area contributed by atoms with E-state index in [1.54, 1.807) is 13.0 Å². The lowest BCUT2D eigenvalue weighted by atomic mass is 10.1. The number of carbonyl (C=O) groups excluding carboxylic acids is 1. The number of thiophene rings is 1. The Hall–Kier alpha value is -3.14. The molecule has 3 aromatic rings. The summed E-state index contributed by atoms with van der Waals surface area (Å²) in [5.41, 5.74) is 1.87. The van der Waals surface area contributed by atoms with Gasteiger partial charge in [0, 0.05) is 23.1 Å². The van der Waals surface area contributed by atoms with Gasteiger partial charge >= 0.3 is 0 Å². The van der Waals surface area contributed by atoms with Crippen molar-refractivity contribution >= 4 is 28.6 Å². The predicted molar refractivity (Wildman–Crippen MR) is 96.9 cm³/mol. The summed E-state index contributed by atoms with van der Waals surface area (Å²) in [7, 11) is 0. The molecule has 26 heavy (non-hydrogen) atoms. The van der Waals surface area contributed by atoms with Gasteiger partial charge in [-0.05, 0) is 35.6 Å². The van der Waals surface area contributed by atoms with E-state index in [9.17, 15) is 14.9 Å². The summed E-state index contributed by atoms with van der Waals surface area (Å²) in [4.78, 5) is 24.4. The molecular weight excluding hydrogens is 356 g/mol. The maximum Gasteiger partial charge on any atom is 0.271 e. The lowest BCUT2D eigenvalue weighted by Gasteiger charge is -2.14. The average molecular weight is 372 g/mol. The highest BCUT2D eigenvalue weighted by molar-refractivity contribution is 7.08. The zero-order valence-corrected chi connectivity index (χ0v) is 14.9. The molecule has 0 aliphatic carbocycles. The van der Waals surface area contributed by atoms with Crippen LogP contribution in [0, 0.1) is 17.0 Å². The Bertz CT molecular complexity index is 937. The number of aromatic nitrogens is 4. The number of hydrogen-bond donors (Lipinski definition) is 1. The van der Waals surface area contributed by atoms with Crippen LogP contribution in [-0.4, -0.2) is 31.0 Å². The number of non-ortho nitro benzene ring substituents is 1. The van der Waals surface area contributed by atoms with Gasteiger partial charge < -0.3 is 5.32 Å². The van der Waals surface area contributed by atoms with E-state index in [1.165, 1.54) is 28.3 Å². The smallest absolute Gasteiger partial charge is 0.271 e. The van der Waals surface area contributed by atoms with Crippen LogP contribution in [0.25, 0.3) is 11.4 Å². The van der Waals surface area contributed by atoms with Crippen LogP contribution >= 0.6 is 11.3 Å². The van der Waals surface area contributed by atoms with Gasteiger partial charge in [-0.1, -0.05) is 13.0 Å². The van der Waals surface area contributed by atoms with Crippen molar-refractivity contribution in [2.24, 2.45) is 0 Å². The fraction of sp³-hybridized carbons (Fsp3) is 0.250. The second-order valence-corrected chi connectivity index (χ2v) is 6.40. The van der Waals surface area contributed by atoms with E-state index in [2.05, 4.69) is 20.7 Å². The monoisotopic (exact) mass is 372 g/mol. The Morgan fingerprint density at radius 2 is 2.23 bits per heavy atom. The lowest BCUT2D eigenvalue weighted by molar-refractivity contribution is -0.384. The molecule has 0 bridgehead atoms. The second-order valence-electron chi connectivity index (χ2n) is 5.62. The molecule has 1 aromatic carbocycles. The number of nitrogens with one attached hydrogen (secondary N) is 1. The Morgan fingerprint density at radius 3 is 2.88 bits per heavy atom. The first-order chi connectivity index (χ1) is 12.5. The third-order valence-electron chi connectivity index (χ3n) is 3.87. The van der Waals surface area contributed by atoms with Crippen molar-refractivity contribution in [3.63, 3.8) is 0 Å². The van der Waals surface area contributed by atoms with Crippen LogP contribution in [0.5, 0.6) is 0 Å². The third kappa shape index (κ3) is 3.59. The van der Waals surface area contributed by atoms with Gasteiger partial charge in [-0.15, -0.1) is 10.2 Å². The standard InChI is InChI=1S/C16H16N6O3S/c1-3-14(21-19-15(18-20-21)11-6-7-26-9-11)16(23)17-13-8-12(22(24)25)5-4-10(13)2/h4-9,14H,3H2,1-2H3,(H,17,23)/t14-/m0/s1. The Morgan fingerprint density at radius 1 is 1.42 bits per heavy atom. The van der Waals surface area contributed by atoms with Gasteiger partial charge in [0.15, 0.2) is 6.04 Å². The highest BCUT2D eigenvalue weighted by Crippen LogP contribution is 2.24. The van der Waals surface area contributed by atoms with Gasteiger partial charge in [0.05, 0.1) is 10.6 Å². The molecule has 1 amide bonds. The maximum absolute atomic E-state index is 12.7. The number of aryl methyl sites for hydroxylation is 1. The van der Waals surface area contributed by atoms with Crippen molar-refractivity contribution in [3.05, 3.63) is 50.7 Å². The van der Waals surface area contributed by atoms with Crippen LogP contribution in [-0.2, 0) is 4.79 Å². The summed E-state index contributed by atoms with van der Waals surface area (Å²) in [5.74, 6) is 0.0920. The van der Waals surface area contributed by atoms with E-state index < -0.39 is 11.0 Å². The molecular formula is C16H16N6O3S. The molecule has 134 valence electrons. The first kappa shape index (κ1) is 17.7. The number of carbonyl (C=O) groups is 1. The van der Waals surface area contributed by atoms with Crippen LogP contribution in [0.1, 0.15) is 24.9 Å². The summed E-state index contributed by atoms with van der Waals surface area (Å²) in [6.07, 6.45) is 0.444. The van der Waals surface area contributed by atoms with E-state index in [-0.39, 0.29) is 11.6 Å². The van der Waals surface area contributed by atoms with Crippen molar-refractivity contribution in [2.45, 2.75) is 26.3 Å². The molecule has 0 unspecified atom stereocenters. The summed E-state index contributed by atoms with van der Waals surface area (Å²) in [6.45, 7) is 3.60. The number of nitro groups is 1. The maximum atomic E-state index is 12.7. The number of amides is 1. The van der Waals surface area contributed by atoms with Gasteiger partial charge in [-0.2, -0.15) is 16.1 Å². The lowest BCUT2D eigenvalue weighted by Crippen LogP contribution is -2.27. The predicted octanol–water partition coefficient (Wildman–Crippen LogP) is 3.21. The number of benzene rings is 1. The van der Waals surface area contributed by atoms with E-state index in [0.29, 0.717) is 17.9 Å². The topological polar surface area (TPSA) is 116 Å². The fourth-order valence-electron chi connectivity index (χ4n) is 2.39. The minimum Gasteiger partial charge on any atom is -0.324 e. The molecule has 0 saturated carbocycles. The van der Waals surface area contributed by atoms with Crippen molar-refractivity contribution in [3.8, 4) is 11.4 Å². The van der Waals surface area contributed by atoms with Crippen molar-refractivity contribution in [1.82, 2.24) is 20.2 Å². The summed E-state index contributed by atoms with van der Waals surface area (Å²) in [6, 6.07) is 5.53. The fourth-order valence-corrected chi connectivity index (χ4v) is 3.03. The largest absolute Gasteiger partial charge is 0.324 e. The molecule has 10 heteroatoms. The number of hydrogen-bond acceptors (Lipinski definition) is 7. The Balaban J connectivity index is 1.82. The van der Waals surface area contributed by atoms with Gasteiger partial charge in [0.1, 0.15) is 0 Å². The number of tetrazole rings is 1. The molecule has 2 heterocycles. The SMILES string of the molecule is CC[C@@H](C(=O)Nc1cc([N+](=O)[O-])ccc1C)n1nnc(-c2ccsc2)n1. The molecule has 0 fully saturated rings. The van der Waals surface area contributed by atoms with Crippen LogP contribution in [0.3, 0.4) is 0 Å². The summed E-state index contributed by atoms with van der Waals surface area (Å²) < 4.78 is 0. The van der Waals surface area contributed by atoms with Gasteiger partial charge in [-0.25, -0.2) is 0 Å². The van der Waals surface area contributed by atoms with Crippen molar-refractivity contribution in [1.29, 1.82) is 0 Å². The van der Waals surface area contributed by atoms with Gasteiger partial charge in [0.2, 0.25) is 5.82 Å². The zero-order chi connectivity index (χ0) is 18.7. The Kier molecular flexibility index (Phi) is 5.03. The molecule has 9 nitrogen and oxygen atoms in total. The van der Waals surface area contributed by atoms with E-state index in [4.69, 9.17) is 0 Å². The number of anilines is 1. The second kappa shape index (κ2) is 7.40. The van der Waals surface area contributed by atoms with Crippen LogP contribution < -0.4 is 5.32 Å². The zero-order valence-electron chi connectivity index (χ0n) is 14.1. The molecule has 1 atom stereocenters. The molecule has 3 rings (SSSR count).